The Morgan fingerprint density at radius 1 is 0.950 bits per heavy atom. The van der Waals surface area contributed by atoms with Gasteiger partial charge in [-0.3, -0.25) is 0 Å². The van der Waals surface area contributed by atoms with Crippen molar-refractivity contribution in [3.05, 3.63) is 29.3 Å². The smallest absolute Gasteiger partial charge is 0.0402 e. The first-order valence-electron chi connectivity index (χ1n) is 8.14. The van der Waals surface area contributed by atoms with E-state index in [9.17, 15) is 0 Å². The van der Waals surface area contributed by atoms with Crippen LogP contribution in [-0.2, 0) is 0 Å². The molecule has 0 aliphatic carbocycles. The predicted molar refractivity (Wildman–Crippen MR) is 88.9 cm³/mol. The molecule has 0 amide bonds. The van der Waals surface area contributed by atoms with E-state index in [4.69, 9.17) is 0 Å². The number of rotatable bonds is 4. The summed E-state index contributed by atoms with van der Waals surface area (Å²) in [7, 11) is 0. The third-order valence-electron chi connectivity index (χ3n) is 4.50. The van der Waals surface area contributed by atoms with E-state index < -0.39 is 0 Å². The monoisotopic (exact) mass is 274 g/mol. The van der Waals surface area contributed by atoms with Crippen LogP contribution in [0.3, 0.4) is 0 Å². The van der Waals surface area contributed by atoms with E-state index in [0.29, 0.717) is 11.8 Å². The molecule has 1 aliphatic rings. The third kappa shape index (κ3) is 3.35. The van der Waals surface area contributed by atoms with E-state index in [1.807, 2.05) is 0 Å². The van der Waals surface area contributed by atoms with Gasteiger partial charge in [-0.1, -0.05) is 46.8 Å². The van der Waals surface area contributed by atoms with Gasteiger partial charge in [0.2, 0.25) is 0 Å². The van der Waals surface area contributed by atoms with Crippen molar-refractivity contribution in [2.24, 2.45) is 0 Å². The molecule has 1 saturated heterocycles. The highest BCUT2D eigenvalue weighted by atomic mass is 15.3. The molecule has 112 valence electrons. The molecule has 0 atom stereocenters. The quantitative estimate of drug-likeness (QED) is 0.816. The minimum Gasteiger partial charge on any atom is -0.369 e. The number of piperazine rings is 1. The number of hydrogen-bond acceptors (Lipinski definition) is 2. The Morgan fingerprint density at radius 3 is 2.10 bits per heavy atom. The van der Waals surface area contributed by atoms with Crippen molar-refractivity contribution >= 4 is 5.69 Å². The summed E-state index contributed by atoms with van der Waals surface area (Å²) in [5.74, 6) is 1.20. The fourth-order valence-corrected chi connectivity index (χ4v) is 2.99. The second-order valence-corrected chi connectivity index (χ2v) is 6.55. The lowest BCUT2D eigenvalue weighted by Crippen LogP contribution is -2.46. The van der Waals surface area contributed by atoms with Crippen LogP contribution in [0.25, 0.3) is 0 Å². The van der Waals surface area contributed by atoms with Crippen LogP contribution in [-0.4, -0.2) is 37.6 Å². The summed E-state index contributed by atoms with van der Waals surface area (Å²) in [6.07, 6.45) is 0. The van der Waals surface area contributed by atoms with Gasteiger partial charge in [0, 0.05) is 31.9 Å². The summed E-state index contributed by atoms with van der Waals surface area (Å²) in [5, 5.41) is 0. The number of nitrogens with zero attached hydrogens (tertiary/aromatic N) is 2. The van der Waals surface area contributed by atoms with Gasteiger partial charge in [-0.25, -0.2) is 0 Å². The van der Waals surface area contributed by atoms with Gasteiger partial charge in [0.05, 0.1) is 0 Å². The zero-order chi connectivity index (χ0) is 14.7. The normalized spacial score (nSPS) is 17.2. The number of hydrogen-bond donors (Lipinski definition) is 0. The zero-order valence-corrected chi connectivity index (χ0v) is 13.8. The lowest BCUT2D eigenvalue weighted by atomic mass is 9.93. The molecule has 0 aromatic heterocycles. The van der Waals surface area contributed by atoms with Crippen molar-refractivity contribution in [2.45, 2.75) is 46.5 Å². The lowest BCUT2D eigenvalue weighted by molar-refractivity contribution is 0.271. The highest BCUT2D eigenvalue weighted by Crippen LogP contribution is 2.31. The van der Waals surface area contributed by atoms with E-state index in [2.05, 4.69) is 62.6 Å². The van der Waals surface area contributed by atoms with Crippen molar-refractivity contribution in [1.29, 1.82) is 0 Å². The Kier molecular flexibility index (Phi) is 5.09. The Balaban J connectivity index is 2.23. The van der Waals surface area contributed by atoms with Crippen molar-refractivity contribution < 1.29 is 0 Å². The molecule has 2 rings (SSSR count). The van der Waals surface area contributed by atoms with Crippen LogP contribution in [0.2, 0.25) is 0 Å². The van der Waals surface area contributed by atoms with Gasteiger partial charge in [0.1, 0.15) is 0 Å². The van der Waals surface area contributed by atoms with Crippen LogP contribution in [0.1, 0.15) is 57.6 Å². The first-order chi connectivity index (χ1) is 9.52. The number of likely N-dealkylation sites (N-methyl/N-ethyl adjacent to an activating group) is 1. The van der Waals surface area contributed by atoms with E-state index in [-0.39, 0.29) is 0 Å². The molecule has 1 aliphatic heterocycles. The Bertz CT molecular complexity index is 429. The van der Waals surface area contributed by atoms with Gasteiger partial charge in [0.15, 0.2) is 0 Å². The van der Waals surface area contributed by atoms with E-state index in [0.717, 1.165) is 13.1 Å². The van der Waals surface area contributed by atoms with Crippen LogP contribution in [0, 0.1) is 0 Å². The Morgan fingerprint density at radius 2 is 1.60 bits per heavy atom. The molecule has 1 fully saturated rings. The molecule has 2 nitrogen and oxygen atoms in total. The third-order valence-corrected chi connectivity index (χ3v) is 4.50. The molecule has 0 saturated carbocycles. The van der Waals surface area contributed by atoms with E-state index in [1.165, 1.54) is 36.4 Å². The second kappa shape index (κ2) is 6.62. The van der Waals surface area contributed by atoms with Gasteiger partial charge in [-0.05, 0) is 35.6 Å². The van der Waals surface area contributed by atoms with Crippen LogP contribution in [0.4, 0.5) is 5.69 Å². The van der Waals surface area contributed by atoms with Crippen LogP contribution >= 0.6 is 0 Å². The van der Waals surface area contributed by atoms with Crippen molar-refractivity contribution in [3.63, 3.8) is 0 Å². The van der Waals surface area contributed by atoms with Crippen molar-refractivity contribution in [2.75, 3.05) is 37.6 Å². The van der Waals surface area contributed by atoms with Gasteiger partial charge in [-0.2, -0.15) is 0 Å². The molecular weight excluding hydrogens is 244 g/mol. The van der Waals surface area contributed by atoms with Gasteiger partial charge >= 0.3 is 0 Å². The molecule has 2 heteroatoms. The van der Waals surface area contributed by atoms with Gasteiger partial charge in [0.25, 0.3) is 0 Å². The molecule has 1 heterocycles. The molecule has 1 aromatic rings. The van der Waals surface area contributed by atoms with Crippen LogP contribution in [0.5, 0.6) is 0 Å². The van der Waals surface area contributed by atoms with Crippen LogP contribution in [0.15, 0.2) is 18.2 Å². The molecule has 0 N–H and O–H groups in total. The maximum Gasteiger partial charge on any atom is 0.0402 e. The second-order valence-electron chi connectivity index (χ2n) is 6.55. The summed E-state index contributed by atoms with van der Waals surface area (Å²) >= 11 is 0. The first-order valence-corrected chi connectivity index (χ1v) is 8.14. The Hall–Kier alpha value is -1.02. The number of benzene rings is 1. The SMILES string of the molecule is CCN1CCN(c2ccc(C(C)C)cc2C(C)C)CC1. The Labute approximate surface area is 124 Å². The summed E-state index contributed by atoms with van der Waals surface area (Å²) in [5.41, 5.74) is 4.44. The van der Waals surface area contributed by atoms with E-state index in [1.54, 1.807) is 0 Å². The van der Waals surface area contributed by atoms with Gasteiger partial charge in [-0.15, -0.1) is 0 Å². The standard InChI is InChI=1S/C18H30N2/c1-6-19-9-11-20(12-10-19)18-8-7-16(14(2)3)13-17(18)15(4)5/h7-8,13-15H,6,9-12H2,1-5H3. The molecule has 0 bridgehead atoms. The first kappa shape index (κ1) is 15.4. The maximum atomic E-state index is 2.58. The topological polar surface area (TPSA) is 6.48 Å². The maximum absolute atomic E-state index is 2.58. The minimum absolute atomic E-state index is 0.591. The highest BCUT2D eigenvalue weighted by Gasteiger charge is 2.19. The van der Waals surface area contributed by atoms with Crippen LogP contribution < -0.4 is 4.90 Å². The average Bonchev–Trinajstić information content (AvgIpc) is 2.46. The largest absolute Gasteiger partial charge is 0.369 e. The summed E-state index contributed by atoms with van der Waals surface area (Å²) in [6.45, 7) is 17.3. The summed E-state index contributed by atoms with van der Waals surface area (Å²) in [4.78, 5) is 5.11. The fraction of sp³-hybridized carbons (Fsp3) is 0.667. The zero-order valence-electron chi connectivity index (χ0n) is 13.8. The molecule has 1 aromatic carbocycles. The van der Waals surface area contributed by atoms with Crippen molar-refractivity contribution in [1.82, 2.24) is 4.90 Å². The fourth-order valence-electron chi connectivity index (χ4n) is 2.99. The molecule has 0 unspecified atom stereocenters. The minimum atomic E-state index is 0.591. The summed E-state index contributed by atoms with van der Waals surface area (Å²) in [6, 6.07) is 7.10. The number of anilines is 1. The van der Waals surface area contributed by atoms with Gasteiger partial charge < -0.3 is 9.80 Å². The molecule has 20 heavy (non-hydrogen) atoms. The summed E-state index contributed by atoms with van der Waals surface area (Å²) < 4.78 is 0. The predicted octanol–water partition coefficient (Wildman–Crippen LogP) is 4.08. The average molecular weight is 274 g/mol. The lowest BCUT2D eigenvalue weighted by Gasteiger charge is -2.37. The molecule has 0 radical (unpaired) electrons. The van der Waals surface area contributed by atoms with Crippen molar-refractivity contribution in [3.8, 4) is 0 Å². The molecule has 0 spiro atoms. The molecular formula is C18H30N2. The highest BCUT2D eigenvalue weighted by molar-refractivity contribution is 5.57. The van der Waals surface area contributed by atoms with E-state index >= 15 is 0 Å².